The summed E-state index contributed by atoms with van der Waals surface area (Å²) in [5, 5.41) is 18.6. The van der Waals surface area contributed by atoms with Gasteiger partial charge in [0.05, 0.1) is 17.3 Å². The van der Waals surface area contributed by atoms with Crippen molar-refractivity contribution in [1.29, 1.82) is 0 Å². The molecule has 0 aromatic carbocycles. The Morgan fingerprint density at radius 3 is 2.93 bits per heavy atom. The van der Waals surface area contributed by atoms with Gasteiger partial charge in [0.2, 0.25) is 5.91 Å². The van der Waals surface area contributed by atoms with E-state index in [9.17, 15) is 14.7 Å². The number of pyridine rings is 1. The maximum absolute atomic E-state index is 13.1. The maximum Gasteiger partial charge on any atom is 0.328 e. The highest BCUT2D eigenvalue weighted by atomic mass is 16.3. The lowest BCUT2D eigenvalue weighted by atomic mass is 10.1. The van der Waals surface area contributed by atoms with Gasteiger partial charge in [-0.15, -0.1) is 0 Å². The minimum atomic E-state index is -0.997. The van der Waals surface area contributed by atoms with Gasteiger partial charge < -0.3 is 20.6 Å². The number of fused-ring (bicyclic) bond motifs is 3. The zero-order chi connectivity index (χ0) is 20.6. The predicted molar refractivity (Wildman–Crippen MR) is 107 cm³/mol. The van der Waals surface area contributed by atoms with Crippen molar-refractivity contribution < 1.29 is 14.7 Å². The van der Waals surface area contributed by atoms with Crippen LogP contribution in [0, 0.1) is 0 Å². The second kappa shape index (κ2) is 7.40. The SMILES string of the molecule is CC(C)(O)CNC(=O)C1C=CC2=C(N1)N(C(=O)Nc1ccccn1)[C@H]1CCN2C1. The number of nitrogens with one attached hydrogen (secondary N) is 3. The number of carbonyl (C=O) groups is 2. The largest absolute Gasteiger partial charge is 0.389 e. The number of nitrogens with zero attached hydrogens (tertiary/aromatic N) is 3. The third-order valence-electron chi connectivity index (χ3n) is 5.19. The maximum atomic E-state index is 13.1. The molecule has 154 valence electrons. The van der Waals surface area contributed by atoms with E-state index < -0.39 is 11.6 Å². The predicted octanol–water partition coefficient (Wildman–Crippen LogP) is 0.588. The quantitative estimate of drug-likeness (QED) is 0.591. The second-order valence-electron chi connectivity index (χ2n) is 8.15. The first-order valence-corrected chi connectivity index (χ1v) is 9.77. The number of aromatic nitrogens is 1. The summed E-state index contributed by atoms with van der Waals surface area (Å²) in [6.45, 7) is 5.03. The Balaban J connectivity index is 1.53. The van der Waals surface area contributed by atoms with E-state index in [0.717, 1.165) is 25.2 Å². The van der Waals surface area contributed by atoms with Gasteiger partial charge in [-0.3, -0.25) is 15.0 Å². The molecule has 9 heteroatoms. The van der Waals surface area contributed by atoms with Crippen LogP contribution >= 0.6 is 0 Å². The fourth-order valence-corrected chi connectivity index (χ4v) is 3.78. The third-order valence-corrected chi connectivity index (χ3v) is 5.19. The molecule has 4 heterocycles. The van der Waals surface area contributed by atoms with Gasteiger partial charge in [0.15, 0.2) is 0 Å². The van der Waals surface area contributed by atoms with E-state index in [0.29, 0.717) is 11.6 Å². The molecule has 3 aliphatic rings. The number of carbonyl (C=O) groups excluding carboxylic acids is 2. The normalized spacial score (nSPS) is 22.9. The lowest BCUT2D eigenvalue weighted by molar-refractivity contribution is -0.123. The second-order valence-corrected chi connectivity index (χ2v) is 8.15. The summed E-state index contributed by atoms with van der Waals surface area (Å²) in [5.74, 6) is 0.844. The van der Waals surface area contributed by atoms with Crippen LogP contribution in [0.15, 0.2) is 48.1 Å². The number of rotatable bonds is 4. The van der Waals surface area contributed by atoms with Crippen LogP contribution in [-0.4, -0.2) is 69.1 Å². The van der Waals surface area contributed by atoms with Crippen LogP contribution < -0.4 is 16.0 Å². The Bertz CT molecular complexity index is 861. The van der Waals surface area contributed by atoms with Gasteiger partial charge in [0.25, 0.3) is 0 Å². The van der Waals surface area contributed by atoms with E-state index in [1.165, 1.54) is 0 Å². The smallest absolute Gasteiger partial charge is 0.328 e. The van der Waals surface area contributed by atoms with Crippen molar-refractivity contribution >= 4 is 17.8 Å². The summed E-state index contributed by atoms with van der Waals surface area (Å²) >= 11 is 0. The van der Waals surface area contributed by atoms with E-state index in [1.807, 2.05) is 12.1 Å². The molecule has 0 radical (unpaired) electrons. The van der Waals surface area contributed by atoms with Crippen molar-refractivity contribution in [2.75, 3.05) is 25.0 Å². The number of hydrogen-bond acceptors (Lipinski definition) is 6. The Kier molecular flexibility index (Phi) is 4.91. The number of allylic oxidation sites excluding steroid dienone is 1. The number of amides is 3. The number of anilines is 1. The number of hydrogen-bond donors (Lipinski definition) is 4. The highest BCUT2D eigenvalue weighted by Gasteiger charge is 2.42. The summed E-state index contributed by atoms with van der Waals surface area (Å²) in [6.07, 6.45) is 6.15. The van der Waals surface area contributed by atoms with E-state index in [-0.39, 0.29) is 24.5 Å². The average molecular weight is 398 g/mol. The van der Waals surface area contributed by atoms with Gasteiger partial charge in [-0.05, 0) is 38.5 Å². The van der Waals surface area contributed by atoms with Crippen LogP contribution in [0.2, 0.25) is 0 Å². The summed E-state index contributed by atoms with van der Waals surface area (Å²) < 4.78 is 0. The lowest BCUT2D eigenvalue weighted by Crippen LogP contribution is -2.56. The van der Waals surface area contributed by atoms with Gasteiger partial charge in [0.1, 0.15) is 17.7 Å². The number of dihydropyridines is 1. The third kappa shape index (κ3) is 4.04. The van der Waals surface area contributed by atoms with E-state index >= 15 is 0 Å². The summed E-state index contributed by atoms with van der Waals surface area (Å²) in [7, 11) is 0. The molecule has 1 aromatic heterocycles. The molecule has 0 saturated carbocycles. The first-order chi connectivity index (χ1) is 13.8. The summed E-state index contributed by atoms with van der Waals surface area (Å²) in [6, 6.07) is 4.46. The molecular formula is C20H26N6O3. The molecule has 4 N–H and O–H groups in total. The standard InChI is InChI=1S/C20H26N6O3/c1-20(2,29)12-22-18(27)14-6-7-15-17(23-14)26(13-8-10-25(15)11-13)19(28)24-16-5-3-4-9-21-16/h3-7,9,13-14,23,29H,8,10-12H2,1-2H3,(H,22,27)(H,21,24,28)/t13-,14?/m0/s1. The van der Waals surface area contributed by atoms with Crippen LogP contribution in [0.4, 0.5) is 10.6 Å². The minimum Gasteiger partial charge on any atom is -0.389 e. The zero-order valence-corrected chi connectivity index (χ0v) is 16.6. The highest BCUT2D eigenvalue weighted by molar-refractivity contribution is 5.91. The van der Waals surface area contributed by atoms with Crippen molar-refractivity contribution in [2.45, 2.75) is 38.0 Å². The lowest BCUT2D eigenvalue weighted by Gasteiger charge is -2.40. The molecule has 4 rings (SSSR count). The minimum absolute atomic E-state index is 0.0246. The van der Waals surface area contributed by atoms with E-state index in [1.54, 1.807) is 43.2 Å². The van der Waals surface area contributed by atoms with Crippen LogP contribution in [0.3, 0.4) is 0 Å². The highest BCUT2D eigenvalue weighted by Crippen LogP contribution is 2.33. The Morgan fingerprint density at radius 2 is 2.21 bits per heavy atom. The number of urea groups is 1. The molecule has 0 aliphatic carbocycles. The van der Waals surface area contributed by atoms with Gasteiger partial charge in [-0.25, -0.2) is 9.78 Å². The molecule has 0 spiro atoms. The molecule has 1 saturated heterocycles. The van der Waals surface area contributed by atoms with Gasteiger partial charge in [-0.1, -0.05) is 12.1 Å². The molecule has 1 aromatic rings. The topological polar surface area (TPSA) is 110 Å². The van der Waals surface area contributed by atoms with Gasteiger partial charge in [0, 0.05) is 25.8 Å². The molecule has 29 heavy (non-hydrogen) atoms. The monoisotopic (exact) mass is 398 g/mol. The summed E-state index contributed by atoms with van der Waals surface area (Å²) in [4.78, 5) is 33.7. The Labute approximate surface area is 169 Å². The van der Waals surface area contributed by atoms with E-state index in [2.05, 4.69) is 25.8 Å². The molecule has 3 amide bonds. The molecule has 2 atom stereocenters. The van der Waals surface area contributed by atoms with Crippen LogP contribution in [0.25, 0.3) is 0 Å². The van der Waals surface area contributed by atoms with Crippen molar-refractivity contribution in [3.8, 4) is 0 Å². The Hall–Kier alpha value is -3.07. The van der Waals surface area contributed by atoms with Crippen molar-refractivity contribution in [1.82, 2.24) is 25.4 Å². The van der Waals surface area contributed by atoms with Crippen LogP contribution in [0.5, 0.6) is 0 Å². The van der Waals surface area contributed by atoms with Gasteiger partial charge >= 0.3 is 6.03 Å². The number of aliphatic hydroxyl groups is 1. The van der Waals surface area contributed by atoms with Crippen LogP contribution in [0.1, 0.15) is 20.3 Å². The van der Waals surface area contributed by atoms with Crippen molar-refractivity contribution in [3.05, 3.63) is 48.1 Å². The zero-order valence-electron chi connectivity index (χ0n) is 16.6. The molecule has 3 aliphatic heterocycles. The summed E-state index contributed by atoms with van der Waals surface area (Å²) in [5.41, 5.74) is -0.0932. The Morgan fingerprint density at radius 1 is 1.38 bits per heavy atom. The molecule has 1 fully saturated rings. The first kappa shape index (κ1) is 19.3. The molecule has 2 bridgehead atoms. The van der Waals surface area contributed by atoms with Crippen molar-refractivity contribution in [3.63, 3.8) is 0 Å². The first-order valence-electron chi connectivity index (χ1n) is 9.77. The fraction of sp³-hybridized carbons (Fsp3) is 0.450. The molecule has 9 nitrogen and oxygen atoms in total. The van der Waals surface area contributed by atoms with Crippen molar-refractivity contribution in [2.24, 2.45) is 0 Å². The molecular weight excluding hydrogens is 372 g/mol. The van der Waals surface area contributed by atoms with Gasteiger partial charge in [-0.2, -0.15) is 0 Å². The fourth-order valence-electron chi connectivity index (χ4n) is 3.78. The van der Waals surface area contributed by atoms with E-state index in [4.69, 9.17) is 0 Å². The molecule has 1 unspecified atom stereocenters. The average Bonchev–Trinajstić information content (AvgIpc) is 3.10. The van der Waals surface area contributed by atoms with Crippen LogP contribution in [-0.2, 0) is 4.79 Å².